The van der Waals surface area contributed by atoms with Crippen molar-refractivity contribution in [3.05, 3.63) is 23.4 Å². The zero-order chi connectivity index (χ0) is 14.7. The molecule has 0 bridgehead atoms. The van der Waals surface area contributed by atoms with Crippen LogP contribution in [0.15, 0.2) is 12.1 Å². The first-order chi connectivity index (χ1) is 9.55. The lowest BCUT2D eigenvalue weighted by Crippen LogP contribution is -2.55. The van der Waals surface area contributed by atoms with Gasteiger partial charge < -0.3 is 10.6 Å². The number of pyridine rings is 1. The Bertz CT molecular complexity index is 434. The number of likely N-dealkylation sites (N-methyl/N-ethyl adjacent to an activating group) is 1. The van der Waals surface area contributed by atoms with Gasteiger partial charge in [0.2, 0.25) is 0 Å². The normalized spacial score (nSPS) is 24.1. The summed E-state index contributed by atoms with van der Waals surface area (Å²) in [6.45, 7) is 9.41. The second-order valence-electron chi connectivity index (χ2n) is 6.05. The van der Waals surface area contributed by atoms with Crippen LogP contribution in [0.1, 0.15) is 38.4 Å². The second kappa shape index (κ2) is 6.55. The lowest BCUT2D eigenvalue weighted by Gasteiger charge is -2.43. The largest absolute Gasteiger partial charge is 0.353 e. The predicted octanol–water partition coefficient (Wildman–Crippen LogP) is 2.02. The summed E-state index contributed by atoms with van der Waals surface area (Å²) < 4.78 is 0. The topological polar surface area (TPSA) is 45.4 Å². The van der Waals surface area contributed by atoms with Crippen LogP contribution in [0.4, 0.5) is 5.82 Å². The molecule has 2 rings (SSSR count). The molecule has 1 aliphatic rings. The summed E-state index contributed by atoms with van der Waals surface area (Å²) >= 11 is 0. The molecule has 4 heteroatoms. The highest BCUT2D eigenvalue weighted by Crippen LogP contribution is 2.22. The molecule has 2 atom stereocenters. The minimum absolute atomic E-state index is 0.553. The van der Waals surface area contributed by atoms with Crippen LogP contribution in [0.25, 0.3) is 0 Å². The van der Waals surface area contributed by atoms with Gasteiger partial charge in [0.05, 0.1) is 0 Å². The van der Waals surface area contributed by atoms with E-state index in [0.717, 1.165) is 31.7 Å². The molecule has 1 aromatic rings. The Morgan fingerprint density at radius 1 is 1.25 bits per heavy atom. The van der Waals surface area contributed by atoms with Gasteiger partial charge in [0.1, 0.15) is 5.82 Å². The summed E-state index contributed by atoms with van der Waals surface area (Å²) in [6, 6.07) is 5.41. The molecule has 2 heterocycles. The fourth-order valence-electron chi connectivity index (χ4n) is 2.89. The predicted molar refractivity (Wildman–Crippen MR) is 85.0 cm³/mol. The fourth-order valence-corrected chi connectivity index (χ4v) is 2.89. The molecule has 1 aromatic heterocycles. The van der Waals surface area contributed by atoms with E-state index in [-0.39, 0.29) is 0 Å². The quantitative estimate of drug-likeness (QED) is 0.914. The summed E-state index contributed by atoms with van der Waals surface area (Å²) in [5.74, 6) is 1.10. The van der Waals surface area contributed by atoms with Gasteiger partial charge in [-0.25, -0.2) is 4.98 Å². The minimum atomic E-state index is 0.553. The van der Waals surface area contributed by atoms with E-state index in [1.54, 1.807) is 0 Å². The van der Waals surface area contributed by atoms with Crippen molar-refractivity contribution in [1.82, 2.24) is 9.88 Å². The van der Waals surface area contributed by atoms with E-state index < -0.39 is 0 Å². The van der Waals surface area contributed by atoms with Crippen molar-refractivity contribution < 1.29 is 0 Å². The molecule has 4 nitrogen and oxygen atoms in total. The molecule has 112 valence electrons. The number of nitrogens with two attached hydrogens (primary N) is 1. The van der Waals surface area contributed by atoms with Crippen LogP contribution in [0, 0.1) is 0 Å². The zero-order valence-corrected chi connectivity index (χ0v) is 13.3. The Kier molecular flexibility index (Phi) is 5.00. The molecule has 1 aliphatic heterocycles. The molecule has 0 saturated carbocycles. The average Bonchev–Trinajstić information content (AvgIpc) is 2.44. The van der Waals surface area contributed by atoms with Crippen LogP contribution in [0.3, 0.4) is 0 Å². The SMILES string of the molecule is CCCc1cc(CN)cc(N2CC(C)N(C)C(C)C2)n1. The molecule has 0 aliphatic carbocycles. The number of hydrogen-bond acceptors (Lipinski definition) is 4. The molecule has 2 N–H and O–H groups in total. The molecule has 1 fully saturated rings. The lowest BCUT2D eigenvalue weighted by atomic mass is 10.1. The summed E-state index contributed by atoms with van der Waals surface area (Å²) in [7, 11) is 2.21. The molecular formula is C16H28N4. The first-order valence-electron chi connectivity index (χ1n) is 7.72. The zero-order valence-electron chi connectivity index (χ0n) is 13.3. The number of nitrogens with zero attached hydrogens (tertiary/aromatic N) is 3. The number of anilines is 1. The van der Waals surface area contributed by atoms with Crippen LogP contribution in [0.2, 0.25) is 0 Å². The number of rotatable bonds is 4. The van der Waals surface area contributed by atoms with Crippen molar-refractivity contribution in [3.63, 3.8) is 0 Å². The third-order valence-electron chi connectivity index (χ3n) is 4.35. The second-order valence-corrected chi connectivity index (χ2v) is 6.05. The van der Waals surface area contributed by atoms with Crippen molar-refractivity contribution >= 4 is 5.82 Å². The van der Waals surface area contributed by atoms with Crippen molar-refractivity contribution in [2.75, 3.05) is 25.0 Å². The number of aryl methyl sites for hydroxylation is 1. The van der Waals surface area contributed by atoms with E-state index in [1.165, 1.54) is 11.3 Å². The third kappa shape index (κ3) is 3.30. The maximum atomic E-state index is 5.84. The van der Waals surface area contributed by atoms with E-state index in [2.05, 4.69) is 49.8 Å². The van der Waals surface area contributed by atoms with Crippen molar-refractivity contribution in [2.24, 2.45) is 5.73 Å². The molecule has 0 spiro atoms. The molecule has 0 radical (unpaired) electrons. The molecule has 20 heavy (non-hydrogen) atoms. The fraction of sp³-hybridized carbons (Fsp3) is 0.688. The Balaban J connectivity index is 2.25. The van der Waals surface area contributed by atoms with Gasteiger partial charge >= 0.3 is 0 Å². The van der Waals surface area contributed by atoms with Crippen LogP contribution in [0.5, 0.6) is 0 Å². The van der Waals surface area contributed by atoms with E-state index in [9.17, 15) is 0 Å². The molecule has 2 unspecified atom stereocenters. The highest BCUT2D eigenvalue weighted by atomic mass is 15.3. The Morgan fingerprint density at radius 3 is 2.45 bits per heavy atom. The van der Waals surface area contributed by atoms with Crippen LogP contribution in [-0.2, 0) is 13.0 Å². The van der Waals surface area contributed by atoms with Gasteiger partial charge in [0, 0.05) is 37.4 Å². The summed E-state index contributed by atoms with van der Waals surface area (Å²) in [6.07, 6.45) is 2.15. The summed E-state index contributed by atoms with van der Waals surface area (Å²) in [5.41, 5.74) is 8.20. The van der Waals surface area contributed by atoms with Crippen LogP contribution >= 0.6 is 0 Å². The number of aromatic nitrogens is 1. The Morgan fingerprint density at radius 2 is 1.90 bits per heavy atom. The van der Waals surface area contributed by atoms with Gasteiger partial charge in [0.15, 0.2) is 0 Å². The number of hydrogen-bond donors (Lipinski definition) is 1. The van der Waals surface area contributed by atoms with E-state index in [0.29, 0.717) is 18.6 Å². The van der Waals surface area contributed by atoms with Gasteiger partial charge in [-0.3, -0.25) is 4.90 Å². The van der Waals surface area contributed by atoms with E-state index in [1.807, 2.05) is 0 Å². The van der Waals surface area contributed by atoms with Crippen molar-refractivity contribution in [2.45, 2.75) is 52.2 Å². The molecule has 0 amide bonds. The Labute approximate surface area is 123 Å². The van der Waals surface area contributed by atoms with Gasteiger partial charge in [-0.2, -0.15) is 0 Å². The van der Waals surface area contributed by atoms with Crippen molar-refractivity contribution in [3.8, 4) is 0 Å². The molecular weight excluding hydrogens is 248 g/mol. The number of piperazine rings is 1. The maximum Gasteiger partial charge on any atom is 0.129 e. The van der Waals surface area contributed by atoms with E-state index >= 15 is 0 Å². The first-order valence-corrected chi connectivity index (χ1v) is 7.72. The average molecular weight is 276 g/mol. The van der Waals surface area contributed by atoms with E-state index in [4.69, 9.17) is 10.7 Å². The maximum absolute atomic E-state index is 5.84. The van der Waals surface area contributed by atoms with Crippen molar-refractivity contribution in [1.29, 1.82) is 0 Å². The van der Waals surface area contributed by atoms with Crippen LogP contribution in [-0.4, -0.2) is 42.1 Å². The lowest BCUT2D eigenvalue weighted by molar-refractivity contribution is 0.169. The molecule has 1 saturated heterocycles. The van der Waals surface area contributed by atoms with Gasteiger partial charge in [0.25, 0.3) is 0 Å². The van der Waals surface area contributed by atoms with Gasteiger partial charge in [-0.1, -0.05) is 13.3 Å². The highest BCUT2D eigenvalue weighted by molar-refractivity contribution is 5.44. The minimum Gasteiger partial charge on any atom is -0.353 e. The summed E-state index contributed by atoms with van der Waals surface area (Å²) in [4.78, 5) is 9.69. The monoisotopic (exact) mass is 276 g/mol. The van der Waals surface area contributed by atoms with Crippen LogP contribution < -0.4 is 10.6 Å². The summed E-state index contributed by atoms with van der Waals surface area (Å²) in [5, 5.41) is 0. The Hall–Kier alpha value is -1.13. The smallest absolute Gasteiger partial charge is 0.129 e. The highest BCUT2D eigenvalue weighted by Gasteiger charge is 2.27. The van der Waals surface area contributed by atoms with Gasteiger partial charge in [-0.15, -0.1) is 0 Å². The first kappa shape index (κ1) is 15.3. The molecule has 0 aromatic carbocycles. The standard InChI is InChI=1S/C16H28N4/c1-5-6-15-7-14(9-17)8-16(18-15)20-10-12(2)19(4)13(3)11-20/h7-8,12-13H,5-6,9-11,17H2,1-4H3. The third-order valence-corrected chi connectivity index (χ3v) is 4.35. The van der Waals surface area contributed by atoms with Gasteiger partial charge in [-0.05, 0) is 45.0 Å².